The molecule has 1 heterocycles. The largest absolute Gasteiger partial charge is 0.486 e. The predicted octanol–water partition coefficient (Wildman–Crippen LogP) is 3.00. The molecule has 1 aromatic carbocycles. The number of hydrogen-bond donors (Lipinski definition) is 1. The molecule has 0 unspecified atom stereocenters. The van der Waals surface area contributed by atoms with E-state index in [0.717, 1.165) is 0 Å². The summed E-state index contributed by atoms with van der Waals surface area (Å²) in [5.74, 6) is -0.111. The molecule has 106 valence electrons. The SMILES string of the molecule is CC(C)NC(=O)c1csc(COc2cccc(F)c2)n1. The van der Waals surface area contributed by atoms with E-state index in [1.807, 2.05) is 13.8 Å². The Balaban J connectivity index is 1.94. The molecule has 2 aromatic rings. The van der Waals surface area contributed by atoms with Gasteiger partial charge in [0, 0.05) is 17.5 Å². The molecular weight excluding hydrogens is 279 g/mol. The smallest absolute Gasteiger partial charge is 0.270 e. The van der Waals surface area contributed by atoms with Gasteiger partial charge >= 0.3 is 0 Å². The lowest BCUT2D eigenvalue weighted by atomic mass is 10.3. The highest BCUT2D eigenvalue weighted by molar-refractivity contribution is 7.09. The molecule has 2 rings (SSSR count). The van der Waals surface area contributed by atoms with E-state index in [0.29, 0.717) is 16.5 Å². The van der Waals surface area contributed by atoms with Crippen molar-refractivity contribution < 1.29 is 13.9 Å². The number of amides is 1. The van der Waals surface area contributed by atoms with Crippen molar-refractivity contribution in [3.63, 3.8) is 0 Å². The van der Waals surface area contributed by atoms with Gasteiger partial charge in [0.25, 0.3) is 5.91 Å². The molecule has 1 amide bonds. The van der Waals surface area contributed by atoms with Gasteiger partial charge in [0.1, 0.15) is 28.9 Å². The number of carbonyl (C=O) groups is 1. The molecule has 6 heteroatoms. The Morgan fingerprint density at radius 3 is 3.00 bits per heavy atom. The van der Waals surface area contributed by atoms with Crippen LogP contribution in [0.15, 0.2) is 29.6 Å². The summed E-state index contributed by atoms with van der Waals surface area (Å²) in [5.41, 5.74) is 0.376. The van der Waals surface area contributed by atoms with Gasteiger partial charge in [-0.1, -0.05) is 6.07 Å². The summed E-state index contributed by atoms with van der Waals surface area (Å²) in [6.45, 7) is 3.99. The lowest BCUT2D eigenvalue weighted by Crippen LogP contribution is -2.30. The summed E-state index contributed by atoms with van der Waals surface area (Å²) >= 11 is 1.34. The maximum Gasteiger partial charge on any atom is 0.270 e. The monoisotopic (exact) mass is 294 g/mol. The third-order valence-corrected chi connectivity index (χ3v) is 3.18. The fourth-order valence-corrected chi connectivity index (χ4v) is 2.20. The average molecular weight is 294 g/mol. The molecule has 0 spiro atoms. The van der Waals surface area contributed by atoms with Gasteiger partial charge in [0.15, 0.2) is 0 Å². The zero-order valence-electron chi connectivity index (χ0n) is 11.2. The van der Waals surface area contributed by atoms with E-state index < -0.39 is 0 Å². The van der Waals surface area contributed by atoms with E-state index in [-0.39, 0.29) is 24.4 Å². The molecule has 4 nitrogen and oxygen atoms in total. The summed E-state index contributed by atoms with van der Waals surface area (Å²) in [4.78, 5) is 15.9. The van der Waals surface area contributed by atoms with Gasteiger partial charge < -0.3 is 10.1 Å². The van der Waals surface area contributed by atoms with Crippen LogP contribution in [0.5, 0.6) is 5.75 Å². The van der Waals surface area contributed by atoms with Crippen molar-refractivity contribution >= 4 is 17.2 Å². The molecule has 1 N–H and O–H groups in total. The van der Waals surface area contributed by atoms with E-state index in [1.54, 1.807) is 17.5 Å². The molecular formula is C14H15FN2O2S. The fraction of sp³-hybridized carbons (Fsp3) is 0.286. The summed E-state index contributed by atoms with van der Waals surface area (Å²) in [6, 6.07) is 5.97. The van der Waals surface area contributed by atoms with E-state index in [1.165, 1.54) is 23.5 Å². The van der Waals surface area contributed by atoms with Crippen LogP contribution in [0.3, 0.4) is 0 Å². The maximum atomic E-state index is 13.0. The number of rotatable bonds is 5. The Bertz CT molecular complexity index is 598. The van der Waals surface area contributed by atoms with Crippen LogP contribution in [-0.4, -0.2) is 16.9 Å². The Morgan fingerprint density at radius 1 is 1.50 bits per heavy atom. The quantitative estimate of drug-likeness (QED) is 0.922. The Morgan fingerprint density at radius 2 is 2.30 bits per heavy atom. The first kappa shape index (κ1) is 14.5. The van der Waals surface area contributed by atoms with Gasteiger partial charge in [-0.2, -0.15) is 0 Å². The minimum Gasteiger partial charge on any atom is -0.486 e. The van der Waals surface area contributed by atoms with Crippen LogP contribution >= 0.6 is 11.3 Å². The number of aromatic nitrogens is 1. The summed E-state index contributed by atoms with van der Waals surface area (Å²) < 4.78 is 18.4. The topological polar surface area (TPSA) is 51.2 Å². The second-order valence-corrected chi connectivity index (χ2v) is 5.44. The molecule has 1 aromatic heterocycles. The van der Waals surface area contributed by atoms with Gasteiger partial charge in [-0.25, -0.2) is 9.37 Å². The van der Waals surface area contributed by atoms with E-state index >= 15 is 0 Å². The molecule has 0 aliphatic rings. The van der Waals surface area contributed by atoms with Crippen molar-refractivity contribution in [2.24, 2.45) is 0 Å². The molecule has 0 saturated carbocycles. The molecule has 20 heavy (non-hydrogen) atoms. The summed E-state index contributed by atoms with van der Waals surface area (Å²) in [5, 5.41) is 5.12. The van der Waals surface area contributed by atoms with Crippen molar-refractivity contribution in [2.75, 3.05) is 0 Å². The number of nitrogens with one attached hydrogen (secondary N) is 1. The molecule has 0 bridgehead atoms. The maximum absolute atomic E-state index is 13.0. The van der Waals surface area contributed by atoms with E-state index in [2.05, 4.69) is 10.3 Å². The van der Waals surface area contributed by atoms with Crippen LogP contribution in [-0.2, 0) is 6.61 Å². The number of benzene rings is 1. The van der Waals surface area contributed by atoms with E-state index in [9.17, 15) is 9.18 Å². The van der Waals surface area contributed by atoms with Crippen LogP contribution in [0.25, 0.3) is 0 Å². The standard InChI is InChI=1S/C14H15FN2O2S/c1-9(2)16-14(18)12-8-20-13(17-12)7-19-11-5-3-4-10(15)6-11/h3-6,8-9H,7H2,1-2H3,(H,16,18). The van der Waals surface area contributed by atoms with Gasteiger partial charge in [0.05, 0.1) is 0 Å². The van der Waals surface area contributed by atoms with Gasteiger partial charge in [0.2, 0.25) is 0 Å². The van der Waals surface area contributed by atoms with Crippen molar-refractivity contribution in [1.29, 1.82) is 0 Å². The molecule has 0 saturated heterocycles. The summed E-state index contributed by atoms with van der Waals surface area (Å²) in [7, 11) is 0. The molecule has 0 fully saturated rings. The third kappa shape index (κ3) is 4.03. The Hall–Kier alpha value is -1.95. The van der Waals surface area contributed by atoms with Crippen LogP contribution in [0.1, 0.15) is 29.3 Å². The first-order valence-electron chi connectivity index (χ1n) is 6.18. The number of ether oxygens (including phenoxy) is 1. The van der Waals surface area contributed by atoms with Crippen molar-refractivity contribution in [3.8, 4) is 5.75 Å². The highest BCUT2D eigenvalue weighted by atomic mass is 32.1. The lowest BCUT2D eigenvalue weighted by molar-refractivity contribution is 0.0938. The number of halogens is 1. The Kier molecular flexibility index (Phi) is 4.68. The predicted molar refractivity (Wildman–Crippen MR) is 75.4 cm³/mol. The minimum absolute atomic E-state index is 0.0659. The second kappa shape index (κ2) is 6.47. The van der Waals surface area contributed by atoms with Crippen LogP contribution in [0.2, 0.25) is 0 Å². The van der Waals surface area contributed by atoms with Gasteiger partial charge in [-0.15, -0.1) is 11.3 Å². The van der Waals surface area contributed by atoms with Crippen LogP contribution < -0.4 is 10.1 Å². The zero-order chi connectivity index (χ0) is 14.5. The zero-order valence-corrected chi connectivity index (χ0v) is 12.0. The fourth-order valence-electron chi connectivity index (χ4n) is 1.52. The first-order valence-corrected chi connectivity index (χ1v) is 7.06. The molecule has 0 radical (unpaired) electrons. The van der Waals surface area contributed by atoms with Gasteiger partial charge in [-0.3, -0.25) is 4.79 Å². The van der Waals surface area contributed by atoms with Crippen LogP contribution in [0, 0.1) is 5.82 Å². The molecule has 0 aliphatic heterocycles. The highest BCUT2D eigenvalue weighted by Crippen LogP contribution is 2.16. The average Bonchev–Trinajstić information content (AvgIpc) is 2.84. The molecule has 0 atom stereocenters. The van der Waals surface area contributed by atoms with Crippen molar-refractivity contribution in [3.05, 3.63) is 46.2 Å². The van der Waals surface area contributed by atoms with Gasteiger partial charge in [-0.05, 0) is 26.0 Å². The normalized spacial score (nSPS) is 10.6. The van der Waals surface area contributed by atoms with Crippen molar-refractivity contribution in [2.45, 2.75) is 26.5 Å². The lowest BCUT2D eigenvalue weighted by Gasteiger charge is -2.05. The summed E-state index contributed by atoms with van der Waals surface area (Å²) in [6.07, 6.45) is 0. The second-order valence-electron chi connectivity index (χ2n) is 4.50. The van der Waals surface area contributed by atoms with E-state index in [4.69, 9.17) is 4.74 Å². The number of carbonyl (C=O) groups excluding carboxylic acids is 1. The van der Waals surface area contributed by atoms with Crippen molar-refractivity contribution in [1.82, 2.24) is 10.3 Å². The minimum atomic E-state index is -0.348. The number of hydrogen-bond acceptors (Lipinski definition) is 4. The molecule has 0 aliphatic carbocycles. The Labute approximate surface area is 120 Å². The number of thiazole rings is 1. The van der Waals surface area contributed by atoms with Crippen LogP contribution in [0.4, 0.5) is 4.39 Å². The number of nitrogens with zero attached hydrogens (tertiary/aromatic N) is 1. The third-order valence-electron chi connectivity index (χ3n) is 2.36. The first-order chi connectivity index (χ1) is 9.54. The highest BCUT2D eigenvalue weighted by Gasteiger charge is 2.11.